The molecule has 1 atom stereocenters. The van der Waals surface area contributed by atoms with E-state index in [4.69, 9.17) is 5.73 Å². The summed E-state index contributed by atoms with van der Waals surface area (Å²) in [6.07, 6.45) is 0.768. The van der Waals surface area contributed by atoms with Gasteiger partial charge in [-0.2, -0.15) is 0 Å². The molecule has 0 spiro atoms. The van der Waals surface area contributed by atoms with Crippen molar-refractivity contribution in [2.45, 2.75) is 52.0 Å². The minimum Gasteiger partial charge on any atom is -0.399 e. The third-order valence-electron chi connectivity index (χ3n) is 3.30. The Kier molecular flexibility index (Phi) is 4.98. The first kappa shape index (κ1) is 16.0. The Hall–Kier alpha value is -1.07. The summed E-state index contributed by atoms with van der Waals surface area (Å²) < 4.78 is 27.8. The van der Waals surface area contributed by atoms with Gasteiger partial charge < -0.3 is 5.73 Å². The van der Waals surface area contributed by atoms with E-state index >= 15 is 0 Å². The molecule has 0 aliphatic heterocycles. The van der Waals surface area contributed by atoms with E-state index in [1.54, 1.807) is 26.0 Å². The molecule has 0 amide bonds. The number of rotatable bonds is 5. The summed E-state index contributed by atoms with van der Waals surface area (Å²) >= 11 is 0. The van der Waals surface area contributed by atoms with Crippen molar-refractivity contribution in [1.29, 1.82) is 0 Å². The summed E-state index contributed by atoms with van der Waals surface area (Å²) in [7, 11) is -3.50. The minimum absolute atomic E-state index is 0.0543. The molecule has 0 heterocycles. The topological polar surface area (TPSA) is 72.2 Å². The smallest absolute Gasteiger partial charge is 0.241 e. The van der Waals surface area contributed by atoms with Crippen LogP contribution in [0.2, 0.25) is 0 Å². The van der Waals surface area contributed by atoms with E-state index in [0.717, 1.165) is 6.42 Å². The van der Waals surface area contributed by atoms with Crippen molar-refractivity contribution in [3.05, 3.63) is 23.3 Å². The SMILES string of the molecule is CCC(NS(=O)(=O)c1c(C)cc(N)cc1C)C(C)C. The second-order valence-corrected chi connectivity index (χ2v) is 7.01. The molecule has 0 aromatic heterocycles. The van der Waals surface area contributed by atoms with Crippen molar-refractivity contribution in [2.75, 3.05) is 5.73 Å². The molecular formula is C14H24N2O2S. The number of hydrogen-bond acceptors (Lipinski definition) is 3. The Morgan fingerprint density at radius 3 is 2.05 bits per heavy atom. The standard InChI is InChI=1S/C14H24N2O2S/c1-6-13(9(2)3)16-19(17,18)14-10(4)7-12(15)8-11(14)5/h7-9,13,16H,6,15H2,1-5H3. The summed E-state index contributed by atoms with van der Waals surface area (Å²) in [6.45, 7) is 9.55. The van der Waals surface area contributed by atoms with Gasteiger partial charge in [-0.25, -0.2) is 13.1 Å². The number of sulfonamides is 1. The van der Waals surface area contributed by atoms with Crippen molar-refractivity contribution in [3.8, 4) is 0 Å². The maximum absolute atomic E-state index is 12.5. The van der Waals surface area contributed by atoms with Gasteiger partial charge >= 0.3 is 0 Å². The molecule has 1 aromatic rings. The molecule has 1 aromatic carbocycles. The summed E-state index contributed by atoms with van der Waals surface area (Å²) in [5, 5.41) is 0. The lowest BCUT2D eigenvalue weighted by Crippen LogP contribution is -2.38. The van der Waals surface area contributed by atoms with Gasteiger partial charge in [-0.05, 0) is 49.4 Å². The van der Waals surface area contributed by atoms with Gasteiger partial charge in [0.1, 0.15) is 0 Å². The lowest BCUT2D eigenvalue weighted by Gasteiger charge is -2.22. The molecule has 0 bridgehead atoms. The van der Waals surface area contributed by atoms with Crippen LogP contribution in [0, 0.1) is 19.8 Å². The molecular weight excluding hydrogens is 260 g/mol. The van der Waals surface area contributed by atoms with Crippen LogP contribution in [0.15, 0.2) is 17.0 Å². The zero-order chi connectivity index (χ0) is 14.8. The Balaban J connectivity index is 3.21. The molecule has 108 valence electrons. The number of benzene rings is 1. The molecule has 0 radical (unpaired) electrons. The fraction of sp³-hybridized carbons (Fsp3) is 0.571. The molecule has 1 unspecified atom stereocenters. The quantitative estimate of drug-likeness (QED) is 0.816. The fourth-order valence-electron chi connectivity index (χ4n) is 2.36. The van der Waals surface area contributed by atoms with Crippen molar-refractivity contribution >= 4 is 15.7 Å². The van der Waals surface area contributed by atoms with Crippen molar-refractivity contribution in [1.82, 2.24) is 4.72 Å². The lowest BCUT2D eigenvalue weighted by atomic mass is 10.0. The number of nitrogens with two attached hydrogens (primary N) is 1. The monoisotopic (exact) mass is 284 g/mol. The molecule has 0 aliphatic carbocycles. The summed E-state index contributed by atoms with van der Waals surface area (Å²) in [6, 6.07) is 3.33. The molecule has 3 N–H and O–H groups in total. The van der Waals surface area contributed by atoms with E-state index in [-0.39, 0.29) is 12.0 Å². The van der Waals surface area contributed by atoms with Gasteiger partial charge in [0, 0.05) is 11.7 Å². The van der Waals surface area contributed by atoms with Crippen LogP contribution >= 0.6 is 0 Å². The first-order chi connectivity index (χ1) is 8.69. The highest BCUT2D eigenvalue weighted by Gasteiger charge is 2.24. The Morgan fingerprint density at radius 1 is 1.21 bits per heavy atom. The minimum atomic E-state index is -3.50. The van der Waals surface area contributed by atoms with Gasteiger partial charge in [0.15, 0.2) is 0 Å². The lowest BCUT2D eigenvalue weighted by molar-refractivity contribution is 0.437. The van der Waals surface area contributed by atoms with Crippen LogP contribution in [0.25, 0.3) is 0 Å². The number of nitrogens with one attached hydrogen (secondary N) is 1. The molecule has 0 saturated carbocycles. The molecule has 19 heavy (non-hydrogen) atoms. The number of hydrogen-bond donors (Lipinski definition) is 2. The molecule has 1 rings (SSSR count). The summed E-state index contributed by atoms with van der Waals surface area (Å²) in [5.41, 5.74) is 7.69. The van der Waals surface area contributed by atoms with Crippen LogP contribution < -0.4 is 10.5 Å². The largest absolute Gasteiger partial charge is 0.399 e. The highest BCUT2D eigenvalue weighted by molar-refractivity contribution is 7.89. The molecule has 0 fully saturated rings. The second-order valence-electron chi connectivity index (χ2n) is 5.36. The Bertz CT molecular complexity index is 528. The first-order valence-electron chi connectivity index (χ1n) is 6.58. The highest BCUT2D eigenvalue weighted by atomic mass is 32.2. The number of aryl methyl sites for hydroxylation is 2. The van der Waals surface area contributed by atoms with Crippen LogP contribution in [0.3, 0.4) is 0 Å². The first-order valence-corrected chi connectivity index (χ1v) is 8.06. The van der Waals surface area contributed by atoms with Crippen molar-refractivity contribution < 1.29 is 8.42 Å². The molecule has 0 saturated heterocycles. The average molecular weight is 284 g/mol. The normalized spacial score (nSPS) is 13.8. The Labute approximate surface area is 116 Å². The van der Waals surface area contributed by atoms with Crippen LogP contribution in [0.1, 0.15) is 38.3 Å². The average Bonchev–Trinajstić information content (AvgIpc) is 2.23. The predicted molar refractivity (Wildman–Crippen MR) is 79.6 cm³/mol. The molecule has 5 heteroatoms. The van der Waals surface area contributed by atoms with Gasteiger partial charge in [-0.1, -0.05) is 20.8 Å². The van der Waals surface area contributed by atoms with Crippen LogP contribution in [-0.2, 0) is 10.0 Å². The van der Waals surface area contributed by atoms with Gasteiger partial charge in [-0.3, -0.25) is 0 Å². The third kappa shape index (κ3) is 3.70. The molecule has 4 nitrogen and oxygen atoms in total. The zero-order valence-electron chi connectivity index (χ0n) is 12.3. The number of nitrogen functional groups attached to an aromatic ring is 1. The highest BCUT2D eigenvalue weighted by Crippen LogP contribution is 2.24. The molecule has 0 aliphatic rings. The second kappa shape index (κ2) is 5.92. The third-order valence-corrected chi connectivity index (χ3v) is 5.10. The van der Waals surface area contributed by atoms with E-state index in [2.05, 4.69) is 4.72 Å². The van der Waals surface area contributed by atoms with Gasteiger partial charge in [0.05, 0.1) is 4.90 Å². The number of anilines is 1. The van der Waals surface area contributed by atoms with E-state index in [1.165, 1.54) is 0 Å². The predicted octanol–water partition coefficient (Wildman–Crippen LogP) is 2.60. The maximum atomic E-state index is 12.5. The Morgan fingerprint density at radius 2 is 1.68 bits per heavy atom. The van der Waals surface area contributed by atoms with E-state index in [0.29, 0.717) is 21.7 Å². The van der Waals surface area contributed by atoms with Gasteiger partial charge in [0.2, 0.25) is 10.0 Å². The van der Waals surface area contributed by atoms with Crippen molar-refractivity contribution in [3.63, 3.8) is 0 Å². The zero-order valence-corrected chi connectivity index (χ0v) is 13.1. The van der Waals surface area contributed by atoms with Crippen LogP contribution in [0.5, 0.6) is 0 Å². The fourth-order valence-corrected chi connectivity index (χ4v) is 4.28. The van der Waals surface area contributed by atoms with Gasteiger partial charge in [-0.15, -0.1) is 0 Å². The maximum Gasteiger partial charge on any atom is 0.241 e. The van der Waals surface area contributed by atoms with E-state index in [1.807, 2.05) is 20.8 Å². The van der Waals surface area contributed by atoms with Gasteiger partial charge in [0.25, 0.3) is 0 Å². The van der Waals surface area contributed by atoms with E-state index < -0.39 is 10.0 Å². The van der Waals surface area contributed by atoms with E-state index in [9.17, 15) is 8.42 Å². The van der Waals surface area contributed by atoms with Crippen molar-refractivity contribution in [2.24, 2.45) is 5.92 Å². The summed E-state index contributed by atoms with van der Waals surface area (Å²) in [4.78, 5) is 0.348. The van der Waals surface area contributed by atoms with Crippen LogP contribution in [0.4, 0.5) is 5.69 Å². The van der Waals surface area contributed by atoms with Crippen LogP contribution in [-0.4, -0.2) is 14.5 Å². The summed E-state index contributed by atoms with van der Waals surface area (Å²) in [5.74, 6) is 0.258.